The molecule has 1 aliphatic heterocycles. The monoisotopic (exact) mass is 400 g/mol. The van der Waals surface area contributed by atoms with Gasteiger partial charge < -0.3 is 20.0 Å². The van der Waals surface area contributed by atoms with Crippen molar-refractivity contribution in [3.05, 3.63) is 58.7 Å². The van der Waals surface area contributed by atoms with Gasteiger partial charge in [0, 0.05) is 17.7 Å². The van der Waals surface area contributed by atoms with Crippen LogP contribution in [0.2, 0.25) is 0 Å². The van der Waals surface area contributed by atoms with Crippen molar-refractivity contribution in [3.8, 4) is 11.5 Å². The molecule has 0 spiro atoms. The van der Waals surface area contributed by atoms with Crippen LogP contribution in [0, 0.1) is 13.8 Å². The van der Waals surface area contributed by atoms with Crippen LogP contribution in [0.1, 0.15) is 29.2 Å². The summed E-state index contributed by atoms with van der Waals surface area (Å²) in [5.41, 5.74) is 4.72. The lowest BCUT2D eigenvalue weighted by Gasteiger charge is -2.10. The van der Waals surface area contributed by atoms with Crippen molar-refractivity contribution in [3.63, 3.8) is 0 Å². The van der Waals surface area contributed by atoms with Crippen LogP contribution in [0.15, 0.2) is 41.6 Å². The third kappa shape index (κ3) is 5.66. The molecular weight excluding hydrogens is 372 g/mol. The first-order chi connectivity index (χ1) is 13.5. The Kier molecular flexibility index (Phi) is 7.23. The molecule has 28 heavy (non-hydrogen) atoms. The van der Waals surface area contributed by atoms with E-state index in [1.165, 1.54) is 5.56 Å². The van der Waals surface area contributed by atoms with Gasteiger partial charge in [0.15, 0.2) is 6.61 Å². The summed E-state index contributed by atoms with van der Waals surface area (Å²) in [4.78, 5) is 5.38. The highest BCUT2D eigenvalue weighted by Gasteiger charge is 2.15. The minimum atomic E-state index is 0.329. The molecule has 1 aliphatic rings. The third-order valence-electron chi connectivity index (χ3n) is 4.73. The molecule has 2 aromatic carbocycles. The van der Waals surface area contributed by atoms with Crippen molar-refractivity contribution in [2.24, 2.45) is 5.16 Å². The first-order valence-corrected chi connectivity index (χ1v) is 10.6. The van der Waals surface area contributed by atoms with Crippen LogP contribution in [0.25, 0.3) is 0 Å². The Bertz CT molecular complexity index is 792. The number of phenols is 1. The number of hydrogen-bond donors (Lipinski definition) is 2. The number of rotatable bonds is 8. The summed E-state index contributed by atoms with van der Waals surface area (Å²) in [7, 11) is 0. The van der Waals surface area contributed by atoms with E-state index in [1.807, 2.05) is 56.8 Å². The molecule has 0 aromatic heterocycles. The highest BCUT2D eigenvalue weighted by atomic mass is 32.2. The Morgan fingerprint density at radius 2 is 1.89 bits per heavy atom. The Labute approximate surface area is 171 Å². The van der Waals surface area contributed by atoms with Crippen molar-refractivity contribution in [1.82, 2.24) is 5.32 Å². The molecule has 0 radical (unpaired) electrons. The van der Waals surface area contributed by atoms with E-state index >= 15 is 0 Å². The molecule has 0 amide bonds. The first kappa shape index (κ1) is 20.6. The molecular formula is C22H28N2O3S. The lowest BCUT2D eigenvalue weighted by molar-refractivity contribution is 0.107. The summed E-state index contributed by atoms with van der Waals surface area (Å²) in [6, 6.07) is 12.1. The Balaban J connectivity index is 1.42. The maximum atomic E-state index is 9.86. The predicted octanol–water partition coefficient (Wildman–Crippen LogP) is 4.03. The van der Waals surface area contributed by atoms with E-state index in [0.29, 0.717) is 24.2 Å². The molecule has 3 rings (SSSR count). The smallest absolute Gasteiger partial charge is 0.151 e. The van der Waals surface area contributed by atoms with Crippen LogP contribution in [-0.2, 0) is 11.3 Å². The molecule has 0 saturated carbocycles. The highest BCUT2D eigenvalue weighted by Crippen LogP contribution is 2.23. The van der Waals surface area contributed by atoms with Crippen molar-refractivity contribution < 1.29 is 14.7 Å². The number of benzene rings is 2. The summed E-state index contributed by atoms with van der Waals surface area (Å²) in [5.74, 6) is 2.23. The number of oxime groups is 1. The number of phenolic OH excluding ortho intramolecular Hbond substituents is 1. The number of aromatic hydroxyl groups is 1. The van der Waals surface area contributed by atoms with Gasteiger partial charge in [-0.15, -0.1) is 11.8 Å². The molecule has 6 heteroatoms. The fraction of sp³-hybridized carbons (Fsp3) is 0.409. The highest BCUT2D eigenvalue weighted by molar-refractivity contribution is 8.00. The van der Waals surface area contributed by atoms with Crippen LogP contribution in [0.5, 0.6) is 11.5 Å². The normalized spacial score (nSPS) is 17.0. The second-order valence-corrected chi connectivity index (χ2v) is 8.34. The number of hydrogen-bond acceptors (Lipinski definition) is 6. The van der Waals surface area contributed by atoms with Crippen LogP contribution >= 0.6 is 11.8 Å². The SMILES string of the molecule is CC(=NOCCOc1ccc(CC2CNCS2)cc1)c1cc(C)c(O)c(C)c1. The van der Waals surface area contributed by atoms with Gasteiger partial charge in [-0.2, -0.15) is 0 Å². The van der Waals surface area contributed by atoms with E-state index in [2.05, 4.69) is 22.6 Å². The Morgan fingerprint density at radius 1 is 1.18 bits per heavy atom. The minimum Gasteiger partial charge on any atom is -0.507 e. The van der Waals surface area contributed by atoms with E-state index in [-0.39, 0.29) is 0 Å². The van der Waals surface area contributed by atoms with Crippen molar-refractivity contribution in [2.75, 3.05) is 25.6 Å². The van der Waals surface area contributed by atoms with Crippen LogP contribution in [-0.4, -0.2) is 41.7 Å². The molecule has 1 heterocycles. The Hall–Kier alpha value is -2.18. The molecule has 2 N–H and O–H groups in total. The third-order valence-corrected chi connectivity index (χ3v) is 5.91. The first-order valence-electron chi connectivity index (χ1n) is 9.54. The standard InChI is InChI=1S/C22H28N2O3S/c1-15-10-19(11-16(2)22(15)25)17(3)24-27-9-8-26-20-6-4-18(5-7-20)12-21-13-23-14-28-21/h4-7,10-11,21,23,25H,8-9,12-14H2,1-3H3. The van der Waals surface area contributed by atoms with Gasteiger partial charge in [0.25, 0.3) is 0 Å². The molecule has 150 valence electrons. The van der Waals surface area contributed by atoms with Crippen molar-refractivity contribution in [2.45, 2.75) is 32.4 Å². The second-order valence-electron chi connectivity index (χ2n) is 7.05. The molecule has 0 bridgehead atoms. The quantitative estimate of drug-likeness (QED) is 0.398. The minimum absolute atomic E-state index is 0.329. The Morgan fingerprint density at radius 3 is 2.54 bits per heavy atom. The lowest BCUT2D eigenvalue weighted by atomic mass is 10.0. The number of nitrogens with one attached hydrogen (secondary N) is 1. The fourth-order valence-corrected chi connectivity index (χ4v) is 4.15. The number of thioether (sulfide) groups is 1. The fourth-order valence-electron chi connectivity index (χ4n) is 3.13. The lowest BCUT2D eigenvalue weighted by Crippen LogP contribution is -2.14. The second kappa shape index (κ2) is 9.85. The van der Waals surface area contributed by atoms with Gasteiger partial charge in [-0.25, -0.2) is 0 Å². The molecule has 1 unspecified atom stereocenters. The van der Waals surface area contributed by atoms with Gasteiger partial charge in [0.1, 0.15) is 18.1 Å². The van der Waals surface area contributed by atoms with Crippen molar-refractivity contribution in [1.29, 1.82) is 0 Å². The zero-order chi connectivity index (χ0) is 19.9. The van der Waals surface area contributed by atoms with Gasteiger partial charge in [0.2, 0.25) is 0 Å². The summed E-state index contributed by atoms with van der Waals surface area (Å²) in [6.45, 7) is 7.54. The maximum Gasteiger partial charge on any atom is 0.151 e. The average molecular weight is 401 g/mol. The average Bonchev–Trinajstić information content (AvgIpc) is 3.19. The predicted molar refractivity (Wildman–Crippen MR) is 116 cm³/mol. The zero-order valence-corrected chi connectivity index (χ0v) is 17.5. The van der Waals surface area contributed by atoms with Gasteiger partial charge in [0.05, 0.1) is 5.71 Å². The van der Waals surface area contributed by atoms with Crippen LogP contribution in [0.4, 0.5) is 0 Å². The van der Waals surface area contributed by atoms with E-state index in [4.69, 9.17) is 9.57 Å². The summed E-state index contributed by atoms with van der Waals surface area (Å²) in [6.07, 6.45) is 1.09. The number of ether oxygens (including phenoxy) is 1. The molecule has 5 nitrogen and oxygen atoms in total. The summed E-state index contributed by atoms with van der Waals surface area (Å²) in [5, 5.41) is 18.1. The van der Waals surface area contributed by atoms with E-state index in [0.717, 1.165) is 47.0 Å². The van der Waals surface area contributed by atoms with Crippen LogP contribution in [0.3, 0.4) is 0 Å². The molecule has 2 aromatic rings. The molecule has 1 atom stereocenters. The van der Waals surface area contributed by atoms with E-state index < -0.39 is 0 Å². The van der Waals surface area contributed by atoms with E-state index in [1.54, 1.807) is 0 Å². The van der Waals surface area contributed by atoms with Crippen molar-refractivity contribution >= 4 is 17.5 Å². The maximum absolute atomic E-state index is 9.86. The molecule has 1 fully saturated rings. The van der Waals surface area contributed by atoms with Crippen LogP contribution < -0.4 is 10.1 Å². The number of aryl methyl sites for hydroxylation is 2. The van der Waals surface area contributed by atoms with E-state index in [9.17, 15) is 5.11 Å². The largest absolute Gasteiger partial charge is 0.507 e. The topological polar surface area (TPSA) is 63.1 Å². The summed E-state index contributed by atoms with van der Waals surface area (Å²) >= 11 is 1.98. The zero-order valence-electron chi connectivity index (χ0n) is 16.7. The van der Waals surface area contributed by atoms with Gasteiger partial charge >= 0.3 is 0 Å². The van der Waals surface area contributed by atoms with Gasteiger partial charge in [-0.05, 0) is 73.7 Å². The summed E-state index contributed by atoms with van der Waals surface area (Å²) < 4.78 is 5.73. The van der Waals surface area contributed by atoms with Gasteiger partial charge in [-0.3, -0.25) is 0 Å². The molecule has 0 aliphatic carbocycles. The van der Waals surface area contributed by atoms with Gasteiger partial charge in [-0.1, -0.05) is 17.3 Å². The molecule has 1 saturated heterocycles. The number of nitrogens with zero attached hydrogens (tertiary/aromatic N) is 1.